The molecule has 3 aliphatic rings. The minimum absolute atomic E-state index is 0.0672. The van der Waals surface area contributed by atoms with Crippen LogP contribution in [0.1, 0.15) is 104 Å². The fourth-order valence-corrected chi connectivity index (χ4v) is 6.67. The molecule has 1 unspecified atom stereocenters. The summed E-state index contributed by atoms with van der Waals surface area (Å²) in [6.07, 6.45) is 8.82. The molecule has 3 aliphatic heterocycles. The van der Waals surface area contributed by atoms with E-state index in [9.17, 15) is 24.9 Å². The summed E-state index contributed by atoms with van der Waals surface area (Å²) in [4.78, 5) is 26.0. The van der Waals surface area contributed by atoms with Gasteiger partial charge in [0, 0.05) is 50.4 Å². The van der Waals surface area contributed by atoms with E-state index >= 15 is 0 Å². The summed E-state index contributed by atoms with van der Waals surface area (Å²) >= 11 is 0. The first kappa shape index (κ1) is 42.8. The minimum Gasteiger partial charge on any atom is -0.493 e. The second-order valence-corrected chi connectivity index (χ2v) is 14.4. The zero-order chi connectivity index (χ0) is 37.4. The van der Waals surface area contributed by atoms with Crippen LogP contribution in [0.15, 0.2) is 48.8 Å². The number of fused-ring (bicyclic) bond motifs is 4. The predicted octanol–water partition coefficient (Wildman–Crippen LogP) is 5.34. The number of carbonyl (C=O) groups excluding carboxylic acids is 2. The van der Waals surface area contributed by atoms with Crippen LogP contribution in [0, 0.1) is 5.41 Å². The number of ether oxygens (including phenoxy) is 7. The minimum atomic E-state index is -2.21. The lowest BCUT2D eigenvalue weighted by Crippen LogP contribution is -2.62. The normalized spacial score (nSPS) is 33.7. The second kappa shape index (κ2) is 21.2. The Morgan fingerprint density at radius 1 is 1.04 bits per heavy atom. The first-order chi connectivity index (χ1) is 24.3. The standard InChI is InChI=1S/C39H62O12/c1-7-9-10-11-12-14-34(42)50-37-28(23-35(43)45-6)22-32-25-33(26-40)47-27(3)21-29(41)16-19-46-20-17-31-24-30(13-8-2)48-36(49-31)15-18-38(4,5)39(37,44)51-32/h8,15,18,23,29-33,36-37,40-41,44H,2-3,7,9-14,16-17,19-22,24-26H2,1,4-6H3/b18-15+,28-23+/t29-,30+,31-,32?,33-,36+,37+,39-/m1/s1. The van der Waals surface area contributed by atoms with Crippen molar-refractivity contribution in [2.75, 3.05) is 26.9 Å². The molecule has 8 atom stereocenters. The zero-order valence-electron chi connectivity index (χ0n) is 31.1. The number of hydrogen-bond donors (Lipinski definition) is 3. The number of carbonyl (C=O) groups is 2. The lowest BCUT2D eigenvalue weighted by molar-refractivity contribution is -0.327. The van der Waals surface area contributed by atoms with E-state index in [1.54, 1.807) is 32.1 Å². The van der Waals surface area contributed by atoms with Gasteiger partial charge in [-0.15, -0.1) is 6.58 Å². The molecule has 0 radical (unpaired) electrons. The van der Waals surface area contributed by atoms with E-state index in [-0.39, 0.29) is 43.7 Å². The van der Waals surface area contributed by atoms with Crippen molar-refractivity contribution < 1.29 is 58.1 Å². The highest BCUT2D eigenvalue weighted by molar-refractivity contribution is 5.83. The molecule has 0 aromatic heterocycles. The van der Waals surface area contributed by atoms with Crippen LogP contribution < -0.4 is 0 Å². The smallest absolute Gasteiger partial charge is 0.330 e. The highest BCUT2D eigenvalue weighted by atomic mass is 16.7. The summed E-state index contributed by atoms with van der Waals surface area (Å²) < 4.78 is 41.7. The van der Waals surface area contributed by atoms with E-state index in [0.29, 0.717) is 50.9 Å². The molecule has 0 aliphatic carbocycles. The average Bonchev–Trinajstić information content (AvgIpc) is 3.08. The predicted molar refractivity (Wildman–Crippen MR) is 190 cm³/mol. The van der Waals surface area contributed by atoms with Gasteiger partial charge in [-0.05, 0) is 43.8 Å². The molecular formula is C39H62O12. The van der Waals surface area contributed by atoms with Gasteiger partial charge < -0.3 is 48.5 Å². The Balaban J connectivity index is 2.04. The summed E-state index contributed by atoms with van der Waals surface area (Å²) in [6, 6.07) is 0. The van der Waals surface area contributed by atoms with Gasteiger partial charge in [0.05, 0.1) is 43.9 Å². The molecule has 3 rings (SSSR count). The van der Waals surface area contributed by atoms with Crippen LogP contribution in [0.2, 0.25) is 0 Å². The maximum Gasteiger partial charge on any atom is 0.330 e. The van der Waals surface area contributed by atoms with Crippen molar-refractivity contribution in [2.45, 2.75) is 153 Å². The fourth-order valence-electron chi connectivity index (χ4n) is 6.67. The van der Waals surface area contributed by atoms with Gasteiger partial charge in [-0.1, -0.05) is 65.2 Å². The van der Waals surface area contributed by atoms with Crippen molar-refractivity contribution in [1.29, 1.82) is 0 Å². The maximum absolute atomic E-state index is 13.3. The van der Waals surface area contributed by atoms with E-state index in [1.165, 1.54) is 13.2 Å². The molecule has 51 heavy (non-hydrogen) atoms. The quantitative estimate of drug-likeness (QED) is 0.109. The van der Waals surface area contributed by atoms with Gasteiger partial charge in [-0.25, -0.2) is 4.79 Å². The van der Waals surface area contributed by atoms with Gasteiger partial charge >= 0.3 is 11.9 Å². The second-order valence-electron chi connectivity index (χ2n) is 14.4. The first-order valence-corrected chi connectivity index (χ1v) is 18.5. The van der Waals surface area contributed by atoms with E-state index < -0.39 is 60.5 Å². The van der Waals surface area contributed by atoms with E-state index in [0.717, 1.165) is 25.7 Å². The van der Waals surface area contributed by atoms with Crippen molar-refractivity contribution in [3.8, 4) is 0 Å². The van der Waals surface area contributed by atoms with Crippen molar-refractivity contribution in [3.63, 3.8) is 0 Å². The first-order valence-electron chi connectivity index (χ1n) is 18.5. The number of unbranched alkanes of at least 4 members (excludes halogenated alkanes) is 4. The summed E-state index contributed by atoms with van der Waals surface area (Å²) in [5, 5.41) is 33.6. The van der Waals surface area contributed by atoms with Crippen molar-refractivity contribution >= 4 is 11.9 Å². The zero-order valence-corrected chi connectivity index (χ0v) is 31.1. The number of esters is 2. The number of aliphatic hydroxyl groups excluding tert-OH is 2. The average molecular weight is 723 g/mol. The molecule has 12 heteroatoms. The molecule has 0 spiro atoms. The highest BCUT2D eigenvalue weighted by Gasteiger charge is 2.57. The van der Waals surface area contributed by atoms with Crippen LogP contribution in [0.3, 0.4) is 0 Å². The van der Waals surface area contributed by atoms with Gasteiger partial charge in [0.2, 0.25) is 5.79 Å². The monoisotopic (exact) mass is 722 g/mol. The SMILES string of the molecule is C=CC[C@H]1C[C@H]2CCOCC[C@@H](O)CC(=C)O[C@@H](CO)CC3C/C(=C\C(=O)OC)[C@H](OC(=O)CCCCCCC)[C@@](O)(O3)C(C)(C)/C=C/[C@H](O2)O1. The van der Waals surface area contributed by atoms with Crippen LogP contribution in [0.4, 0.5) is 0 Å². The third kappa shape index (κ3) is 13.4. The molecule has 0 aromatic rings. The van der Waals surface area contributed by atoms with Crippen LogP contribution >= 0.6 is 0 Å². The van der Waals surface area contributed by atoms with Crippen LogP contribution in [-0.2, 0) is 42.7 Å². The Bertz CT molecular complexity index is 1180. The van der Waals surface area contributed by atoms with Crippen LogP contribution in [0.5, 0.6) is 0 Å². The van der Waals surface area contributed by atoms with Gasteiger partial charge in [0.1, 0.15) is 6.10 Å². The fraction of sp³-hybridized carbons (Fsp3) is 0.744. The lowest BCUT2D eigenvalue weighted by Gasteiger charge is -2.51. The Labute approximate surface area is 303 Å². The lowest BCUT2D eigenvalue weighted by atomic mass is 9.74. The van der Waals surface area contributed by atoms with Crippen LogP contribution in [-0.4, -0.2) is 103 Å². The van der Waals surface area contributed by atoms with Gasteiger partial charge in [0.15, 0.2) is 12.4 Å². The Morgan fingerprint density at radius 3 is 2.47 bits per heavy atom. The molecule has 3 heterocycles. The number of hydrogen-bond acceptors (Lipinski definition) is 12. The third-order valence-corrected chi connectivity index (χ3v) is 9.65. The van der Waals surface area contributed by atoms with Gasteiger partial charge in [0.25, 0.3) is 0 Å². The molecule has 0 amide bonds. The van der Waals surface area contributed by atoms with E-state index in [2.05, 4.69) is 20.1 Å². The number of rotatable bonds is 11. The maximum atomic E-state index is 13.3. The molecule has 290 valence electrons. The molecule has 4 bridgehead atoms. The largest absolute Gasteiger partial charge is 0.493 e. The third-order valence-electron chi connectivity index (χ3n) is 9.65. The Morgan fingerprint density at radius 2 is 1.76 bits per heavy atom. The van der Waals surface area contributed by atoms with Gasteiger partial charge in [-0.3, -0.25) is 4.79 Å². The molecule has 0 aromatic carbocycles. The summed E-state index contributed by atoms with van der Waals surface area (Å²) in [5.74, 6) is -3.15. The number of methoxy groups -OCH3 is 1. The molecular weight excluding hydrogens is 660 g/mol. The van der Waals surface area contributed by atoms with Crippen molar-refractivity contribution in [3.05, 3.63) is 48.8 Å². The van der Waals surface area contributed by atoms with Crippen LogP contribution in [0.25, 0.3) is 0 Å². The van der Waals surface area contributed by atoms with E-state index in [4.69, 9.17) is 33.2 Å². The van der Waals surface area contributed by atoms with Crippen molar-refractivity contribution in [2.24, 2.45) is 5.41 Å². The van der Waals surface area contributed by atoms with E-state index in [1.807, 2.05) is 0 Å². The highest BCUT2D eigenvalue weighted by Crippen LogP contribution is 2.47. The Kier molecular flexibility index (Phi) is 17.8. The van der Waals surface area contributed by atoms with Crippen molar-refractivity contribution in [1.82, 2.24) is 0 Å². The summed E-state index contributed by atoms with van der Waals surface area (Å²) in [5.41, 5.74) is -0.973. The topological polar surface area (TPSA) is 159 Å². The molecule has 0 saturated carbocycles. The van der Waals surface area contributed by atoms with Gasteiger partial charge in [-0.2, -0.15) is 0 Å². The molecule has 3 N–H and O–H groups in total. The summed E-state index contributed by atoms with van der Waals surface area (Å²) in [7, 11) is 1.24. The molecule has 2 fully saturated rings. The number of aliphatic hydroxyl groups is 3. The molecule has 2 saturated heterocycles. The summed E-state index contributed by atoms with van der Waals surface area (Å²) in [6.45, 7) is 13.7. The Hall–Kier alpha value is -2.58. The molecule has 12 nitrogen and oxygen atoms in total.